The van der Waals surface area contributed by atoms with Crippen molar-refractivity contribution in [1.82, 2.24) is 9.88 Å². The molecule has 3 aromatic rings. The van der Waals surface area contributed by atoms with Gasteiger partial charge in [0.25, 0.3) is 5.91 Å². The van der Waals surface area contributed by atoms with Crippen molar-refractivity contribution in [2.24, 2.45) is 0 Å². The molecule has 1 heterocycles. The van der Waals surface area contributed by atoms with Crippen LogP contribution in [0.5, 0.6) is 0 Å². The number of carbonyl (C=O) groups is 1. The average Bonchev–Trinajstić information content (AvgIpc) is 3.04. The largest absolute Gasteiger partial charge is 0.360 e. The summed E-state index contributed by atoms with van der Waals surface area (Å²) in [5, 5.41) is 6.74. The number of aromatic nitrogens is 1. The molecule has 1 amide bonds. The van der Waals surface area contributed by atoms with Gasteiger partial charge in [-0.1, -0.05) is 42.4 Å². The number of nitrogens with zero attached hydrogens (tertiary/aromatic N) is 1. The first-order valence-corrected chi connectivity index (χ1v) is 9.83. The van der Waals surface area contributed by atoms with E-state index in [2.05, 4.69) is 15.2 Å². The minimum absolute atomic E-state index is 0.133. The second-order valence-corrected chi connectivity index (χ2v) is 7.58. The summed E-state index contributed by atoms with van der Waals surface area (Å²) >= 11 is 0. The Kier molecular flexibility index (Phi) is 5.38. The molecule has 1 aromatic heterocycles. The number of sulfonamides is 1. The summed E-state index contributed by atoms with van der Waals surface area (Å²) in [5.41, 5.74) is 2.03. The monoisotopic (exact) mass is 385 g/mol. The van der Waals surface area contributed by atoms with Crippen LogP contribution in [0.2, 0.25) is 0 Å². The van der Waals surface area contributed by atoms with Gasteiger partial charge in [-0.25, -0.2) is 13.1 Å². The van der Waals surface area contributed by atoms with E-state index in [1.54, 1.807) is 13.8 Å². The number of benzene rings is 2. The van der Waals surface area contributed by atoms with Crippen molar-refractivity contribution < 1.29 is 17.7 Å². The number of hydrogen-bond acceptors (Lipinski definition) is 5. The van der Waals surface area contributed by atoms with E-state index in [9.17, 15) is 13.2 Å². The van der Waals surface area contributed by atoms with Gasteiger partial charge in [-0.2, -0.15) is 0 Å². The highest BCUT2D eigenvalue weighted by atomic mass is 32.2. The van der Waals surface area contributed by atoms with Crippen molar-refractivity contribution in [3.05, 3.63) is 65.9 Å². The van der Waals surface area contributed by atoms with Gasteiger partial charge < -0.3 is 9.84 Å². The Morgan fingerprint density at radius 2 is 1.74 bits per heavy atom. The maximum Gasteiger partial charge on any atom is 0.261 e. The molecule has 0 atom stereocenters. The third-order valence-corrected chi connectivity index (χ3v) is 5.46. The maximum absolute atomic E-state index is 12.7. The summed E-state index contributed by atoms with van der Waals surface area (Å²) in [5.74, 6) is 0.0209. The molecule has 2 aromatic carbocycles. The summed E-state index contributed by atoms with van der Waals surface area (Å²) in [7, 11) is -3.54. The second kappa shape index (κ2) is 7.73. The molecule has 0 bridgehead atoms. The van der Waals surface area contributed by atoms with E-state index in [0.717, 1.165) is 5.56 Å². The summed E-state index contributed by atoms with van der Waals surface area (Å²) in [6.45, 7) is 3.67. The van der Waals surface area contributed by atoms with Crippen LogP contribution in [0.4, 0.5) is 5.69 Å². The van der Waals surface area contributed by atoms with Gasteiger partial charge in [-0.05, 0) is 31.2 Å². The summed E-state index contributed by atoms with van der Waals surface area (Å²) in [6.07, 6.45) is 0. The molecule has 0 spiro atoms. The van der Waals surface area contributed by atoms with Crippen molar-refractivity contribution in [3.8, 4) is 11.3 Å². The number of amides is 1. The fraction of sp³-hybridized carbons (Fsp3) is 0.158. The smallest absolute Gasteiger partial charge is 0.261 e. The predicted octanol–water partition coefficient (Wildman–Crippen LogP) is 3.20. The van der Waals surface area contributed by atoms with Crippen LogP contribution in [0, 0.1) is 6.92 Å². The average molecular weight is 385 g/mol. The Balaban J connectivity index is 1.84. The van der Waals surface area contributed by atoms with E-state index in [1.807, 2.05) is 30.3 Å². The topological polar surface area (TPSA) is 101 Å². The molecule has 8 heteroatoms. The Labute approximate surface area is 157 Å². The molecule has 27 heavy (non-hydrogen) atoms. The highest BCUT2D eigenvalue weighted by molar-refractivity contribution is 7.89. The van der Waals surface area contributed by atoms with Gasteiger partial charge in [0.1, 0.15) is 17.0 Å². The second-order valence-electron chi connectivity index (χ2n) is 5.81. The number of hydrogen-bond donors (Lipinski definition) is 2. The highest BCUT2D eigenvalue weighted by Crippen LogP contribution is 2.26. The van der Waals surface area contributed by atoms with Crippen LogP contribution < -0.4 is 10.0 Å². The van der Waals surface area contributed by atoms with Gasteiger partial charge in [-0.15, -0.1) is 0 Å². The van der Waals surface area contributed by atoms with E-state index < -0.39 is 10.0 Å². The number of carbonyl (C=O) groups excluding carboxylic acids is 1. The van der Waals surface area contributed by atoms with Crippen LogP contribution in [0.3, 0.4) is 0 Å². The van der Waals surface area contributed by atoms with E-state index in [4.69, 9.17) is 4.52 Å². The number of nitrogens with one attached hydrogen (secondary N) is 2. The molecule has 0 radical (unpaired) electrons. The van der Waals surface area contributed by atoms with Crippen LogP contribution in [-0.4, -0.2) is 26.0 Å². The molecule has 0 fully saturated rings. The van der Waals surface area contributed by atoms with Crippen molar-refractivity contribution in [2.45, 2.75) is 18.7 Å². The molecular formula is C19H19N3O4S. The molecule has 7 nitrogen and oxygen atoms in total. The lowest BCUT2D eigenvalue weighted by Crippen LogP contribution is -2.23. The fourth-order valence-corrected chi connectivity index (χ4v) is 3.66. The van der Waals surface area contributed by atoms with Crippen LogP contribution in [-0.2, 0) is 10.0 Å². The molecule has 0 saturated heterocycles. The van der Waals surface area contributed by atoms with Gasteiger partial charge in [0.2, 0.25) is 10.0 Å². The molecule has 3 rings (SSSR count). The molecule has 0 unspecified atom stereocenters. The lowest BCUT2D eigenvalue weighted by Gasteiger charge is -2.08. The Bertz CT molecular complexity index is 1040. The maximum atomic E-state index is 12.7. The van der Waals surface area contributed by atoms with Crippen molar-refractivity contribution >= 4 is 21.6 Å². The van der Waals surface area contributed by atoms with Crippen molar-refractivity contribution in [1.29, 1.82) is 0 Å². The predicted molar refractivity (Wildman–Crippen MR) is 102 cm³/mol. The van der Waals surface area contributed by atoms with Crippen LogP contribution in [0.25, 0.3) is 11.3 Å². The summed E-state index contributed by atoms with van der Waals surface area (Å²) < 4.78 is 31.6. The minimum Gasteiger partial charge on any atom is -0.360 e. The van der Waals surface area contributed by atoms with Crippen LogP contribution in [0.15, 0.2) is 64.0 Å². The highest BCUT2D eigenvalue weighted by Gasteiger charge is 2.22. The van der Waals surface area contributed by atoms with Gasteiger partial charge >= 0.3 is 0 Å². The van der Waals surface area contributed by atoms with Gasteiger partial charge in [-0.3, -0.25) is 4.79 Å². The van der Waals surface area contributed by atoms with Crippen LogP contribution in [0.1, 0.15) is 23.0 Å². The molecule has 0 aliphatic rings. The zero-order valence-corrected chi connectivity index (χ0v) is 15.7. The number of anilines is 1. The number of aryl methyl sites for hydroxylation is 1. The molecule has 140 valence electrons. The van der Waals surface area contributed by atoms with E-state index in [1.165, 1.54) is 24.3 Å². The van der Waals surface area contributed by atoms with Gasteiger partial charge in [0, 0.05) is 17.8 Å². The first-order chi connectivity index (χ1) is 12.9. The Hall–Kier alpha value is -2.97. The third-order valence-electron chi connectivity index (χ3n) is 3.89. The molecule has 0 aliphatic heterocycles. The van der Waals surface area contributed by atoms with E-state index in [-0.39, 0.29) is 10.8 Å². The molecule has 2 N–H and O–H groups in total. The lowest BCUT2D eigenvalue weighted by molar-refractivity contribution is 0.102. The molecule has 0 aliphatic carbocycles. The first kappa shape index (κ1) is 18.8. The normalized spacial score (nSPS) is 11.3. The summed E-state index contributed by atoms with van der Waals surface area (Å²) in [4.78, 5) is 12.9. The fourth-order valence-electron chi connectivity index (χ4n) is 2.62. The first-order valence-electron chi connectivity index (χ1n) is 8.35. The molecular weight excluding hydrogens is 366 g/mol. The Morgan fingerprint density at radius 3 is 2.37 bits per heavy atom. The molecule has 0 saturated carbocycles. The third kappa shape index (κ3) is 4.07. The quantitative estimate of drug-likeness (QED) is 0.678. The van der Waals surface area contributed by atoms with Crippen molar-refractivity contribution in [3.63, 3.8) is 0 Å². The van der Waals surface area contributed by atoms with Gasteiger partial charge in [0.15, 0.2) is 0 Å². The summed E-state index contributed by atoms with van der Waals surface area (Å²) in [6, 6.07) is 15.2. The van der Waals surface area contributed by atoms with Gasteiger partial charge in [0.05, 0.1) is 4.90 Å². The van der Waals surface area contributed by atoms with E-state index in [0.29, 0.717) is 29.2 Å². The van der Waals surface area contributed by atoms with Crippen molar-refractivity contribution in [2.75, 3.05) is 11.9 Å². The van der Waals surface area contributed by atoms with Crippen LogP contribution >= 0.6 is 0 Å². The minimum atomic E-state index is -3.54. The standard InChI is InChI=1S/C19H19N3O4S/c1-3-20-27(24,25)16-11-9-15(10-12-16)21-19(23)17-13(2)26-22-18(17)14-7-5-4-6-8-14/h4-12,20H,3H2,1-2H3,(H,21,23). The Morgan fingerprint density at radius 1 is 1.07 bits per heavy atom. The SMILES string of the molecule is CCNS(=O)(=O)c1ccc(NC(=O)c2c(-c3ccccc3)noc2C)cc1. The zero-order chi connectivity index (χ0) is 19.4. The van der Waals surface area contributed by atoms with E-state index >= 15 is 0 Å². The number of rotatable bonds is 6. The lowest BCUT2D eigenvalue weighted by atomic mass is 10.1. The zero-order valence-electron chi connectivity index (χ0n) is 14.9.